The molecule has 1 heterocycles. The quantitative estimate of drug-likeness (QED) is 0.873. The Morgan fingerprint density at radius 2 is 1.65 bits per heavy atom. The van der Waals surface area contributed by atoms with Crippen molar-refractivity contribution < 1.29 is 9.59 Å². The van der Waals surface area contributed by atoms with Crippen molar-refractivity contribution in [2.45, 2.75) is 26.7 Å². The number of nitrogens with zero attached hydrogens (tertiary/aromatic N) is 3. The third-order valence-electron chi connectivity index (χ3n) is 3.92. The van der Waals surface area contributed by atoms with Crippen LogP contribution in [-0.2, 0) is 6.42 Å². The number of aromatic nitrogens is 2. The number of benzene rings is 1. The van der Waals surface area contributed by atoms with Crippen LogP contribution in [0.3, 0.4) is 0 Å². The molecule has 3 rings (SSSR count). The Morgan fingerprint density at radius 1 is 1.00 bits per heavy atom. The van der Waals surface area contributed by atoms with Crippen LogP contribution in [0, 0.1) is 13.8 Å². The highest BCUT2D eigenvalue weighted by Crippen LogP contribution is 2.18. The van der Waals surface area contributed by atoms with Crippen molar-refractivity contribution in [1.29, 1.82) is 0 Å². The monoisotopic (exact) mass is 307 g/mol. The summed E-state index contributed by atoms with van der Waals surface area (Å²) in [5.74, 6) is -0.461. The lowest BCUT2D eigenvalue weighted by atomic mass is 9.95. The maximum absolute atomic E-state index is 12.5. The predicted molar refractivity (Wildman–Crippen MR) is 87.2 cm³/mol. The summed E-state index contributed by atoms with van der Waals surface area (Å²) in [5.41, 5.74) is 3.10. The summed E-state index contributed by atoms with van der Waals surface area (Å²) in [7, 11) is 0. The Morgan fingerprint density at radius 3 is 2.35 bits per heavy atom. The fourth-order valence-corrected chi connectivity index (χ4v) is 2.50. The van der Waals surface area contributed by atoms with Crippen LogP contribution in [0.2, 0.25) is 0 Å². The second-order valence-corrected chi connectivity index (χ2v) is 5.58. The molecule has 23 heavy (non-hydrogen) atoms. The summed E-state index contributed by atoms with van der Waals surface area (Å²) in [6, 6.07) is 9.92. The molecule has 0 aliphatic heterocycles. The maximum atomic E-state index is 12.5. The van der Waals surface area contributed by atoms with E-state index in [2.05, 4.69) is 15.0 Å². The van der Waals surface area contributed by atoms with Crippen molar-refractivity contribution in [2.24, 2.45) is 4.99 Å². The fourth-order valence-electron chi connectivity index (χ4n) is 2.50. The molecule has 2 aromatic rings. The first-order chi connectivity index (χ1) is 11.1. The Hall–Kier alpha value is -2.69. The van der Waals surface area contributed by atoms with E-state index in [-0.39, 0.29) is 35.1 Å². The van der Waals surface area contributed by atoms with Gasteiger partial charge in [-0.15, -0.1) is 0 Å². The first-order valence-electron chi connectivity index (χ1n) is 7.56. The molecule has 0 N–H and O–H groups in total. The molecule has 0 fully saturated rings. The highest BCUT2D eigenvalue weighted by molar-refractivity contribution is 6.52. The minimum absolute atomic E-state index is 0.0117. The zero-order valence-corrected chi connectivity index (χ0v) is 13.2. The van der Waals surface area contributed by atoms with Crippen molar-refractivity contribution in [2.75, 3.05) is 6.54 Å². The van der Waals surface area contributed by atoms with E-state index >= 15 is 0 Å². The van der Waals surface area contributed by atoms with Gasteiger partial charge in [0.15, 0.2) is 5.78 Å². The van der Waals surface area contributed by atoms with Gasteiger partial charge in [-0.1, -0.05) is 30.3 Å². The van der Waals surface area contributed by atoms with Gasteiger partial charge < -0.3 is 0 Å². The minimum atomic E-state index is -0.275. The fraction of sp³-hybridized carbons (Fsp3) is 0.278. The molecule has 0 unspecified atom stereocenters. The summed E-state index contributed by atoms with van der Waals surface area (Å²) < 4.78 is 0. The highest BCUT2D eigenvalue weighted by Gasteiger charge is 2.32. The van der Waals surface area contributed by atoms with E-state index in [1.165, 1.54) is 0 Å². The number of ketones is 2. The van der Waals surface area contributed by atoms with Gasteiger partial charge in [0.2, 0.25) is 5.78 Å². The van der Waals surface area contributed by atoms with E-state index in [1.54, 1.807) is 13.8 Å². The van der Waals surface area contributed by atoms with Crippen LogP contribution in [0.5, 0.6) is 0 Å². The Labute approximate surface area is 134 Å². The summed E-state index contributed by atoms with van der Waals surface area (Å²) in [4.78, 5) is 37.5. The van der Waals surface area contributed by atoms with Crippen LogP contribution in [0.4, 0.5) is 0 Å². The SMILES string of the molecule is Cc1nc2c(nc1C)C(=O)C(=NCCc1ccccc1)CC2=O. The molecule has 0 saturated heterocycles. The number of carbonyl (C=O) groups excluding carboxylic acids is 2. The van der Waals surface area contributed by atoms with Gasteiger partial charge in [-0.3, -0.25) is 14.6 Å². The highest BCUT2D eigenvalue weighted by atomic mass is 16.1. The van der Waals surface area contributed by atoms with Crippen molar-refractivity contribution in [3.05, 3.63) is 58.7 Å². The molecule has 116 valence electrons. The molecular weight excluding hydrogens is 290 g/mol. The van der Waals surface area contributed by atoms with Crippen molar-refractivity contribution in [3.8, 4) is 0 Å². The van der Waals surface area contributed by atoms with E-state index in [9.17, 15) is 9.59 Å². The normalized spacial score (nSPS) is 15.8. The topological polar surface area (TPSA) is 72.3 Å². The average Bonchev–Trinajstić information content (AvgIpc) is 2.55. The largest absolute Gasteiger partial charge is 0.292 e. The third kappa shape index (κ3) is 3.08. The smallest absolute Gasteiger partial charge is 0.227 e. The van der Waals surface area contributed by atoms with Crippen molar-refractivity contribution in [1.82, 2.24) is 9.97 Å². The second kappa shape index (κ2) is 6.20. The van der Waals surface area contributed by atoms with Crippen molar-refractivity contribution >= 4 is 17.3 Å². The molecule has 0 amide bonds. The van der Waals surface area contributed by atoms with Gasteiger partial charge in [-0.2, -0.15) is 0 Å². The molecule has 0 radical (unpaired) electrons. The lowest BCUT2D eigenvalue weighted by Crippen LogP contribution is -2.30. The predicted octanol–water partition coefficient (Wildman–Crippen LogP) is 2.55. The Balaban J connectivity index is 1.82. The van der Waals surface area contributed by atoms with Crippen LogP contribution < -0.4 is 0 Å². The molecule has 5 nitrogen and oxygen atoms in total. The van der Waals surface area contributed by atoms with Crippen LogP contribution in [0.25, 0.3) is 0 Å². The molecule has 0 bridgehead atoms. The van der Waals surface area contributed by atoms with Gasteiger partial charge in [0.1, 0.15) is 11.4 Å². The molecule has 1 aromatic heterocycles. The molecule has 1 aromatic carbocycles. The van der Waals surface area contributed by atoms with Gasteiger partial charge >= 0.3 is 0 Å². The second-order valence-electron chi connectivity index (χ2n) is 5.58. The van der Waals surface area contributed by atoms with Gasteiger partial charge in [0.05, 0.1) is 23.5 Å². The first kappa shape index (κ1) is 15.2. The number of hydrogen-bond acceptors (Lipinski definition) is 5. The van der Waals surface area contributed by atoms with E-state index in [0.717, 1.165) is 12.0 Å². The standard InChI is InChI=1S/C18H17N3O2/c1-11-12(2)21-17-16(20-11)15(22)10-14(18(17)23)19-9-8-13-6-4-3-5-7-13/h3-7H,8-10H2,1-2H3. The Bertz CT molecular complexity index is 811. The average molecular weight is 307 g/mol. The lowest BCUT2D eigenvalue weighted by Gasteiger charge is -2.15. The molecule has 5 heteroatoms. The summed E-state index contributed by atoms with van der Waals surface area (Å²) >= 11 is 0. The molecular formula is C18H17N3O2. The van der Waals surface area contributed by atoms with E-state index in [1.807, 2.05) is 30.3 Å². The van der Waals surface area contributed by atoms with Gasteiger partial charge in [0, 0.05) is 6.54 Å². The van der Waals surface area contributed by atoms with E-state index in [0.29, 0.717) is 17.9 Å². The third-order valence-corrected chi connectivity index (χ3v) is 3.92. The van der Waals surface area contributed by atoms with E-state index < -0.39 is 0 Å². The van der Waals surface area contributed by atoms with Gasteiger partial charge in [-0.05, 0) is 25.8 Å². The molecule has 1 aliphatic rings. The zero-order valence-electron chi connectivity index (χ0n) is 13.2. The summed E-state index contributed by atoms with van der Waals surface area (Å²) in [5, 5.41) is 0. The number of Topliss-reactive ketones (excluding diaryl/α,β-unsaturated/α-hetero) is 2. The molecule has 0 spiro atoms. The number of aryl methyl sites for hydroxylation is 2. The summed E-state index contributed by atoms with van der Waals surface area (Å²) in [6.07, 6.45) is 0.745. The molecule has 0 saturated carbocycles. The number of fused-ring (bicyclic) bond motifs is 1. The minimum Gasteiger partial charge on any atom is -0.292 e. The maximum Gasteiger partial charge on any atom is 0.227 e. The lowest BCUT2D eigenvalue weighted by molar-refractivity contribution is 0.0956. The number of hydrogen-bond donors (Lipinski definition) is 0. The van der Waals surface area contributed by atoms with Crippen LogP contribution in [-0.4, -0.2) is 33.8 Å². The van der Waals surface area contributed by atoms with Gasteiger partial charge in [-0.25, -0.2) is 9.97 Å². The van der Waals surface area contributed by atoms with E-state index in [4.69, 9.17) is 0 Å². The van der Waals surface area contributed by atoms with Gasteiger partial charge in [0.25, 0.3) is 0 Å². The number of carbonyl (C=O) groups is 2. The van der Waals surface area contributed by atoms with Crippen molar-refractivity contribution in [3.63, 3.8) is 0 Å². The number of rotatable bonds is 3. The summed E-state index contributed by atoms with van der Waals surface area (Å²) in [6.45, 7) is 4.04. The number of aliphatic imine (C=N–C) groups is 1. The first-order valence-corrected chi connectivity index (χ1v) is 7.56. The molecule has 0 atom stereocenters. The van der Waals surface area contributed by atoms with Crippen LogP contribution >= 0.6 is 0 Å². The van der Waals surface area contributed by atoms with Crippen LogP contribution in [0.15, 0.2) is 35.3 Å². The Kier molecular flexibility index (Phi) is 4.10. The van der Waals surface area contributed by atoms with Crippen LogP contribution in [0.1, 0.15) is 44.3 Å². The zero-order chi connectivity index (χ0) is 16.4. The molecule has 1 aliphatic carbocycles.